The number of hydrogen-bond donors (Lipinski definition) is 1. The maximum atomic E-state index is 12.7. The number of carbonyl (C=O) groups excluding carboxylic acids is 3. The number of hydrogen-bond acceptors (Lipinski definition) is 7. The van der Waals surface area contributed by atoms with Crippen molar-refractivity contribution >= 4 is 17.8 Å². The Hall–Kier alpha value is -3.49. The van der Waals surface area contributed by atoms with Crippen LogP contribution >= 0.6 is 0 Å². The number of H-pyrrole nitrogens is 1. The van der Waals surface area contributed by atoms with Crippen molar-refractivity contribution in [3.8, 4) is 11.5 Å². The van der Waals surface area contributed by atoms with Gasteiger partial charge in [0.15, 0.2) is 18.1 Å². The zero-order valence-electron chi connectivity index (χ0n) is 19.0. The summed E-state index contributed by atoms with van der Waals surface area (Å²) >= 11 is 0. The molecule has 2 aromatic rings. The lowest BCUT2D eigenvalue weighted by Crippen LogP contribution is -2.38. The van der Waals surface area contributed by atoms with Crippen LogP contribution in [0, 0.1) is 6.92 Å². The van der Waals surface area contributed by atoms with Crippen molar-refractivity contribution in [3.05, 3.63) is 45.8 Å². The number of nitrogens with one attached hydrogen (secondary N) is 1. The first-order chi connectivity index (χ1) is 15.3. The Kier molecular flexibility index (Phi) is 7.07. The molecule has 3 rings (SSSR count). The molecule has 0 radical (unpaired) electrons. The minimum atomic E-state index is -0.690. The van der Waals surface area contributed by atoms with Crippen molar-refractivity contribution in [3.63, 3.8) is 0 Å². The second kappa shape index (κ2) is 9.76. The summed E-state index contributed by atoms with van der Waals surface area (Å²) in [7, 11) is 4.43. The zero-order chi connectivity index (χ0) is 23.4. The molecule has 32 heavy (non-hydrogen) atoms. The van der Waals surface area contributed by atoms with Gasteiger partial charge >= 0.3 is 11.9 Å². The van der Waals surface area contributed by atoms with Crippen LogP contribution < -0.4 is 9.47 Å². The maximum Gasteiger partial charge on any atom is 0.355 e. The van der Waals surface area contributed by atoms with Gasteiger partial charge in [-0.1, -0.05) is 6.92 Å². The van der Waals surface area contributed by atoms with Gasteiger partial charge in [-0.05, 0) is 48.6 Å². The first kappa shape index (κ1) is 23.2. The SMILES string of the molecule is CCc1[nH]c(C(=O)OCC(=O)N2CCc3cc(OC)c(OC)cc3C2)c(C)c1C(=O)OC. The van der Waals surface area contributed by atoms with Crippen molar-refractivity contribution < 1.29 is 33.3 Å². The van der Waals surface area contributed by atoms with Gasteiger partial charge in [-0.3, -0.25) is 4.79 Å². The fourth-order valence-corrected chi connectivity index (χ4v) is 3.89. The molecule has 0 bridgehead atoms. The highest BCUT2D eigenvalue weighted by atomic mass is 16.5. The first-order valence-corrected chi connectivity index (χ1v) is 10.3. The van der Waals surface area contributed by atoms with Crippen molar-refractivity contribution in [2.75, 3.05) is 34.5 Å². The van der Waals surface area contributed by atoms with Crippen molar-refractivity contribution in [1.29, 1.82) is 0 Å². The van der Waals surface area contributed by atoms with Gasteiger partial charge in [0.05, 0.1) is 26.9 Å². The lowest BCUT2D eigenvalue weighted by molar-refractivity contribution is -0.135. The number of amides is 1. The highest BCUT2D eigenvalue weighted by Crippen LogP contribution is 2.33. The molecule has 1 aliphatic heterocycles. The Morgan fingerprint density at radius 2 is 1.69 bits per heavy atom. The number of fused-ring (bicyclic) bond motifs is 1. The maximum absolute atomic E-state index is 12.7. The summed E-state index contributed by atoms with van der Waals surface area (Å²) in [6.07, 6.45) is 1.17. The molecular formula is C23H28N2O7. The molecular weight excluding hydrogens is 416 g/mol. The third-order valence-corrected chi connectivity index (χ3v) is 5.67. The van der Waals surface area contributed by atoms with Crippen molar-refractivity contribution in [2.45, 2.75) is 33.2 Å². The summed E-state index contributed by atoms with van der Waals surface area (Å²) < 4.78 is 20.7. The third kappa shape index (κ3) is 4.42. The number of benzene rings is 1. The molecule has 0 atom stereocenters. The molecule has 9 heteroatoms. The van der Waals surface area contributed by atoms with E-state index < -0.39 is 18.5 Å². The van der Waals surface area contributed by atoms with Gasteiger partial charge in [0.2, 0.25) is 0 Å². The average molecular weight is 444 g/mol. The van der Waals surface area contributed by atoms with E-state index in [9.17, 15) is 14.4 Å². The quantitative estimate of drug-likeness (QED) is 0.654. The van der Waals surface area contributed by atoms with Crippen LogP contribution in [0.1, 0.15) is 50.2 Å². The van der Waals surface area contributed by atoms with E-state index in [-0.39, 0.29) is 11.6 Å². The number of carbonyl (C=O) groups is 3. The highest BCUT2D eigenvalue weighted by molar-refractivity contribution is 5.99. The van der Waals surface area contributed by atoms with Crippen LogP contribution in [0.3, 0.4) is 0 Å². The fourth-order valence-electron chi connectivity index (χ4n) is 3.89. The van der Waals surface area contributed by atoms with E-state index in [0.29, 0.717) is 54.3 Å². The third-order valence-electron chi connectivity index (χ3n) is 5.67. The minimum Gasteiger partial charge on any atom is -0.493 e. The number of aryl methyl sites for hydroxylation is 1. The van der Waals surface area contributed by atoms with E-state index in [1.54, 1.807) is 26.0 Å². The van der Waals surface area contributed by atoms with Crippen LogP contribution in [0.5, 0.6) is 11.5 Å². The largest absolute Gasteiger partial charge is 0.493 e. The van der Waals surface area contributed by atoms with Crippen LogP contribution in [0.2, 0.25) is 0 Å². The molecule has 9 nitrogen and oxygen atoms in total. The van der Waals surface area contributed by atoms with E-state index >= 15 is 0 Å². The van der Waals surface area contributed by atoms with Gasteiger partial charge in [0.1, 0.15) is 5.69 Å². The van der Waals surface area contributed by atoms with Crippen LogP contribution in [0.25, 0.3) is 0 Å². The van der Waals surface area contributed by atoms with Crippen LogP contribution in [-0.2, 0) is 33.7 Å². The van der Waals surface area contributed by atoms with Crippen LogP contribution in [0.4, 0.5) is 0 Å². The first-order valence-electron chi connectivity index (χ1n) is 10.3. The fraction of sp³-hybridized carbons (Fsp3) is 0.435. The second-order valence-corrected chi connectivity index (χ2v) is 7.44. The Morgan fingerprint density at radius 1 is 1.03 bits per heavy atom. The van der Waals surface area contributed by atoms with E-state index in [2.05, 4.69) is 4.98 Å². The average Bonchev–Trinajstić information content (AvgIpc) is 3.16. The molecule has 0 saturated heterocycles. The van der Waals surface area contributed by atoms with E-state index in [4.69, 9.17) is 18.9 Å². The molecule has 0 saturated carbocycles. The summed E-state index contributed by atoms with van der Waals surface area (Å²) in [6, 6.07) is 3.79. The molecule has 2 heterocycles. The predicted molar refractivity (Wildman–Crippen MR) is 115 cm³/mol. The smallest absolute Gasteiger partial charge is 0.355 e. The Labute approximate surface area is 186 Å². The normalized spacial score (nSPS) is 12.7. The summed E-state index contributed by atoms with van der Waals surface area (Å²) in [5, 5.41) is 0. The highest BCUT2D eigenvalue weighted by Gasteiger charge is 2.27. The molecule has 1 aromatic heterocycles. The molecule has 0 fully saturated rings. The molecule has 172 valence electrons. The van der Waals surface area contributed by atoms with Gasteiger partial charge in [0, 0.05) is 18.8 Å². The van der Waals surface area contributed by atoms with Crippen molar-refractivity contribution in [2.24, 2.45) is 0 Å². The van der Waals surface area contributed by atoms with Gasteiger partial charge in [-0.15, -0.1) is 0 Å². The second-order valence-electron chi connectivity index (χ2n) is 7.44. The van der Waals surface area contributed by atoms with Crippen molar-refractivity contribution in [1.82, 2.24) is 9.88 Å². The number of methoxy groups -OCH3 is 3. The number of nitrogens with zero attached hydrogens (tertiary/aromatic N) is 1. The van der Waals surface area contributed by atoms with Gasteiger partial charge in [0.25, 0.3) is 5.91 Å². The van der Waals surface area contributed by atoms with Gasteiger partial charge in [-0.25, -0.2) is 9.59 Å². The Bertz CT molecular complexity index is 1040. The minimum absolute atomic E-state index is 0.149. The molecule has 1 N–H and O–H groups in total. The summed E-state index contributed by atoms with van der Waals surface area (Å²) in [4.78, 5) is 41.9. The number of aromatic amines is 1. The van der Waals surface area contributed by atoms with Gasteiger partial charge < -0.3 is 28.8 Å². The topological polar surface area (TPSA) is 107 Å². The number of ether oxygens (including phenoxy) is 4. The van der Waals surface area contributed by atoms with E-state index in [1.165, 1.54) is 7.11 Å². The van der Waals surface area contributed by atoms with E-state index in [0.717, 1.165) is 11.1 Å². The molecule has 0 aliphatic carbocycles. The predicted octanol–water partition coefficient (Wildman–Crippen LogP) is 2.43. The molecule has 1 amide bonds. The van der Waals surface area contributed by atoms with Crippen LogP contribution in [-0.4, -0.2) is 62.2 Å². The standard InChI is InChI=1S/C23H28N2O7/c1-6-16-20(22(27)31-5)13(2)21(24-16)23(28)32-12-19(26)25-8-7-14-9-17(29-3)18(30-4)10-15(14)11-25/h9-10,24H,6-8,11-12H2,1-5H3. The Morgan fingerprint density at radius 3 is 2.28 bits per heavy atom. The summed E-state index contributed by atoms with van der Waals surface area (Å²) in [6.45, 7) is 4.00. The molecule has 1 aromatic carbocycles. The van der Waals surface area contributed by atoms with Gasteiger partial charge in [-0.2, -0.15) is 0 Å². The summed E-state index contributed by atoms with van der Waals surface area (Å²) in [5.74, 6) is -0.262. The summed E-state index contributed by atoms with van der Waals surface area (Å²) in [5.41, 5.74) is 3.56. The zero-order valence-corrected chi connectivity index (χ0v) is 19.0. The number of esters is 2. The Balaban J connectivity index is 1.67. The van der Waals surface area contributed by atoms with E-state index in [1.807, 2.05) is 19.1 Å². The molecule has 0 spiro atoms. The van der Waals surface area contributed by atoms with Crippen LogP contribution in [0.15, 0.2) is 12.1 Å². The number of rotatable bonds is 7. The number of aromatic nitrogens is 1. The molecule has 1 aliphatic rings. The lowest BCUT2D eigenvalue weighted by atomic mass is 9.99. The monoisotopic (exact) mass is 444 g/mol. The lowest BCUT2D eigenvalue weighted by Gasteiger charge is -2.29. The molecule has 0 unspecified atom stereocenters.